The summed E-state index contributed by atoms with van der Waals surface area (Å²) in [6.07, 6.45) is 5.54. The Morgan fingerprint density at radius 3 is 2.79 bits per heavy atom. The van der Waals surface area contributed by atoms with E-state index in [1.807, 2.05) is 17.0 Å². The molecule has 2 aromatic rings. The number of hydrogen-bond acceptors (Lipinski definition) is 3. The molecule has 0 radical (unpaired) electrons. The Morgan fingerprint density at radius 1 is 1.26 bits per heavy atom. The van der Waals surface area contributed by atoms with E-state index in [2.05, 4.69) is 29.0 Å². The van der Waals surface area contributed by atoms with Crippen molar-refractivity contribution in [1.29, 1.82) is 0 Å². The van der Waals surface area contributed by atoms with Crippen LogP contribution < -0.4 is 0 Å². The summed E-state index contributed by atoms with van der Waals surface area (Å²) in [4.78, 5) is 22.4. The van der Waals surface area contributed by atoms with Crippen LogP contribution in [-0.4, -0.2) is 26.8 Å². The molecule has 1 amide bonds. The molecule has 1 unspecified atom stereocenters. The SMILES string of the molecule is CC1Cc2ccccc2CN1C(=O)c1cnccn1. The summed E-state index contributed by atoms with van der Waals surface area (Å²) in [6, 6.07) is 8.46. The zero-order valence-electron chi connectivity index (χ0n) is 10.8. The zero-order chi connectivity index (χ0) is 13.2. The van der Waals surface area contributed by atoms with Crippen molar-refractivity contribution >= 4 is 5.91 Å². The number of nitrogens with zero attached hydrogens (tertiary/aromatic N) is 3. The summed E-state index contributed by atoms with van der Waals surface area (Å²) in [7, 11) is 0. The minimum Gasteiger partial charge on any atom is -0.330 e. The van der Waals surface area contributed by atoms with E-state index in [1.165, 1.54) is 17.3 Å². The van der Waals surface area contributed by atoms with Crippen molar-refractivity contribution in [1.82, 2.24) is 14.9 Å². The lowest BCUT2D eigenvalue weighted by Crippen LogP contribution is -2.42. The van der Waals surface area contributed by atoms with E-state index in [-0.39, 0.29) is 11.9 Å². The van der Waals surface area contributed by atoms with Crippen LogP contribution in [-0.2, 0) is 13.0 Å². The first-order valence-electron chi connectivity index (χ1n) is 6.39. The smallest absolute Gasteiger partial charge is 0.274 e. The van der Waals surface area contributed by atoms with Crippen molar-refractivity contribution in [2.45, 2.75) is 25.9 Å². The van der Waals surface area contributed by atoms with Gasteiger partial charge in [0, 0.05) is 25.0 Å². The van der Waals surface area contributed by atoms with Crippen molar-refractivity contribution in [3.63, 3.8) is 0 Å². The molecule has 3 rings (SSSR count). The van der Waals surface area contributed by atoms with Gasteiger partial charge in [-0.2, -0.15) is 0 Å². The molecule has 0 bridgehead atoms. The summed E-state index contributed by atoms with van der Waals surface area (Å²) >= 11 is 0. The van der Waals surface area contributed by atoms with E-state index in [4.69, 9.17) is 0 Å². The molecular formula is C15H15N3O. The third-order valence-corrected chi connectivity index (χ3v) is 3.55. The predicted molar refractivity (Wildman–Crippen MR) is 71.5 cm³/mol. The van der Waals surface area contributed by atoms with Gasteiger partial charge >= 0.3 is 0 Å². The van der Waals surface area contributed by atoms with Crippen molar-refractivity contribution in [2.24, 2.45) is 0 Å². The molecule has 96 valence electrons. The highest BCUT2D eigenvalue weighted by Crippen LogP contribution is 2.24. The van der Waals surface area contributed by atoms with Gasteiger partial charge in [0.25, 0.3) is 5.91 Å². The topological polar surface area (TPSA) is 46.1 Å². The van der Waals surface area contributed by atoms with Gasteiger partial charge in [0.15, 0.2) is 0 Å². The van der Waals surface area contributed by atoms with Crippen molar-refractivity contribution < 1.29 is 4.79 Å². The van der Waals surface area contributed by atoms with E-state index >= 15 is 0 Å². The van der Waals surface area contributed by atoms with Crippen LogP contribution in [0, 0.1) is 0 Å². The molecule has 1 aliphatic heterocycles. The lowest BCUT2D eigenvalue weighted by Gasteiger charge is -2.34. The highest BCUT2D eigenvalue weighted by molar-refractivity contribution is 5.92. The Bertz CT molecular complexity index is 597. The van der Waals surface area contributed by atoms with Gasteiger partial charge in [0.2, 0.25) is 0 Å². The Balaban J connectivity index is 1.89. The Labute approximate surface area is 112 Å². The molecule has 1 aromatic carbocycles. The Kier molecular flexibility index (Phi) is 2.99. The second-order valence-electron chi connectivity index (χ2n) is 4.85. The highest BCUT2D eigenvalue weighted by atomic mass is 16.2. The van der Waals surface area contributed by atoms with Crippen LogP contribution in [0.2, 0.25) is 0 Å². The third-order valence-electron chi connectivity index (χ3n) is 3.55. The number of amides is 1. The van der Waals surface area contributed by atoms with Gasteiger partial charge in [-0.25, -0.2) is 4.98 Å². The van der Waals surface area contributed by atoms with Gasteiger partial charge in [0.05, 0.1) is 6.20 Å². The maximum atomic E-state index is 12.4. The number of rotatable bonds is 1. The van der Waals surface area contributed by atoms with Gasteiger partial charge in [-0.05, 0) is 24.5 Å². The largest absolute Gasteiger partial charge is 0.330 e. The van der Waals surface area contributed by atoms with Gasteiger partial charge in [-0.3, -0.25) is 9.78 Å². The van der Waals surface area contributed by atoms with Crippen molar-refractivity contribution in [3.05, 3.63) is 59.7 Å². The van der Waals surface area contributed by atoms with E-state index in [9.17, 15) is 4.79 Å². The van der Waals surface area contributed by atoms with Crippen LogP contribution in [0.15, 0.2) is 42.9 Å². The van der Waals surface area contributed by atoms with Crippen molar-refractivity contribution in [3.8, 4) is 0 Å². The first-order valence-corrected chi connectivity index (χ1v) is 6.39. The molecule has 0 spiro atoms. The summed E-state index contributed by atoms with van der Waals surface area (Å²) in [6.45, 7) is 2.72. The summed E-state index contributed by atoms with van der Waals surface area (Å²) in [5.41, 5.74) is 2.96. The molecular weight excluding hydrogens is 238 g/mol. The molecule has 19 heavy (non-hydrogen) atoms. The lowest BCUT2D eigenvalue weighted by atomic mass is 9.94. The molecule has 4 heteroatoms. The standard InChI is InChI=1S/C15H15N3O/c1-11-8-12-4-2-3-5-13(12)10-18(11)15(19)14-9-16-6-7-17-14/h2-7,9,11H,8,10H2,1H3. The zero-order valence-corrected chi connectivity index (χ0v) is 10.8. The molecule has 0 fully saturated rings. The molecule has 0 saturated heterocycles. The summed E-state index contributed by atoms with van der Waals surface area (Å²) < 4.78 is 0. The Hall–Kier alpha value is -2.23. The van der Waals surface area contributed by atoms with Crippen LogP contribution in [0.25, 0.3) is 0 Å². The normalized spacial score (nSPS) is 17.9. The van der Waals surface area contributed by atoms with Crippen molar-refractivity contribution in [2.75, 3.05) is 0 Å². The number of benzene rings is 1. The molecule has 0 N–H and O–H groups in total. The number of hydrogen-bond donors (Lipinski definition) is 0. The van der Waals surface area contributed by atoms with Crippen LogP contribution in [0.3, 0.4) is 0 Å². The van der Waals surface area contributed by atoms with E-state index in [0.717, 1.165) is 6.42 Å². The van der Waals surface area contributed by atoms with E-state index in [0.29, 0.717) is 12.2 Å². The van der Waals surface area contributed by atoms with Crippen LogP contribution in [0.1, 0.15) is 28.5 Å². The average molecular weight is 253 g/mol. The first-order chi connectivity index (χ1) is 9.25. The minimum atomic E-state index is -0.0462. The average Bonchev–Trinajstić information content (AvgIpc) is 2.47. The van der Waals surface area contributed by atoms with Crippen LogP contribution >= 0.6 is 0 Å². The number of aromatic nitrogens is 2. The first kappa shape index (κ1) is 11.8. The van der Waals surface area contributed by atoms with E-state index in [1.54, 1.807) is 12.4 Å². The minimum absolute atomic E-state index is 0.0462. The molecule has 0 saturated carbocycles. The molecule has 1 atom stereocenters. The van der Waals surface area contributed by atoms with E-state index < -0.39 is 0 Å². The second-order valence-corrected chi connectivity index (χ2v) is 4.85. The fraction of sp³-hybridized carbons (Fsp3) is 0.267. The molecule has 0 aliphatic carbocycles. The van der Waals surface area contributed by atoms with Crippen LogP contribution in [0.5, 0.6) is 0 Å². The third kappa shape index (κ3) is 2.21. The second kappa shape index (κ2) is 4.80. The van der Waals surface area contributed by atoms with Crippen LogP contribution in [0.4, 0.5) is 0 Å². The summed E-state index contributed by atoms with van der Waals surface area (Å²) in [5, 5.41) is 0. The maximum absolute atomic E-state index is 12.4. The quantitative estimate of drug-likeness (QED) is 0.781. The lowest BCUT2D eigenvalue weighted by molar-refractivity contribution is 0.0651. The molecule has 4 nitrogen and oxygen atoms in total. The highest BCUT2D eigenvalue weighted by Gasteiger charge is 2.27. The van der Waals surface area contributed by atoms with Gasteiger partial charge in [-0.15, -0.1) is 0 Å². The fourth-order valence-electron chi connectivity index (χ4n) is 2.51. The Morgan fingerprint density at radius 2 is 2.05 bits per heavy atom. The molecule has 2 heterocycles. The number of fused-ring (bicyclic) bond motifs is 1. The number of carbonyl (C=O) groups excluding carboxylic acids is 1. The number of carbonyl (C=O) groups is 1. The van der Waals surface area contributed by atoms with Gasteiger partial charge in [0.1, 0.15) is 5.69 Å². The van der Waals surface area contributed by atoms with Gasteiger partial charge in [-0.1, -0.05) is 24.3 Å². The monoisotopic (exact) mass is 253 g/mol. The maximum Gasteiger partial charge on any atom is 0.274 e. The molecule has 1 aliphatic rings. The summed E-state index contributed by atoms with van der Waals surface area (Å²) in [5.74, 6) is -0.0462. The molecule has 1 aromatic heterocycles. The van der Waals surface area contributed by atoms with Gasteiger partial charge < -0.3 is 4.90 Å². The predicted octanol–water partition coefficient (Wildman–Crippen LogP) is 2.06. The fourth-order valence-corrected chi connectivity index (χ4v) is 2.51.